The topological polar surface area (TPSA) is 71.2 Å². The highest BCUT2D eigenvalue weighted by atomic mass is 16.6. The van der Waals surface area contributed by atoms with E-state index in [4.69, 9.17) is 9.47 Å². The highest BCUT2D eigenvalue weighted by Gasteiger charge is 2.61. The molecule has 6 heteroatoms. The van der Waals surface area contributed by atoms with Crippen LogP contribution in [0, 0.1) is 5.92 Å². The first kappa shape index (κ1) is 16.8. The van der Waals surface area contributed by atoms with Gasteiger partial charge < -0.3 is 19.7 Å². The van der Waals surface area contributed by atoms with E-state index in [9.17, 15) is 9.59 Å². The first-order valence-corrected chi connectivity index (χ1v) is 9.26. The zero-order valence-electron chi connectivity index (χ0n) is 14.8. The molecule has 0 spiro atoms. The van der Waals surface area contributed by atoms with Gasteiger partial charge in [-0.05, 0) is 32.6 Å². The van der Waals surface area contributed by atoms with Crippen molar-refractivity contribution in [1.29, 1.82) is 0 Å². The van der Waals surface area contributed by atoms with Crippen LogP contribution in [0.5, 0.6) is 0 Å². The van der Waals surface area contributed by atoms with Crippen molar-refractivity contribution in [2.45, 2.75) is 50.4 Å². The molecule has 0 bridgehead atoms. The highest BCUT2D eigenvalue weighted by molar-refractivity contribution is 5.94. The van der Waals surface area contributed by atoms with Crippen LogP contribution in [0.4, 0.5) is 0 Å². The molecule has 4 atom stereocenters. The van der Waals surface area contributed by atoms with Crippen LogP contribution in [-0.2, 0) is 19.1 Å². The molecule has 3 heterocycles. The Balaban J connectivity index is 1.54. The molecule has 3 aliphatic heterocycles. The number of ether oxygens (including phenoxy) is 2. The second-order valence-electron chi connectivity index (χ2n) is 7.70. The molecular weight excluding hydrogens is 320 g/mol. The summed E-state index contributed by atoms with van der Waals surface area (Å²) < 4.78 is 11.5. The molecule has 1 aliphatic carbocycles. The van der Waals surface area contributed by atoms with Gasteiger partial charge in [0.05, 0.1) is 5.60 Å². The Bertz CT molecular complexity index is 637. The summed E-state index contributed by atoms with van der Waals surface area (Å²) >= 11 is 0. The largest absolute Gasteiger partial charge is 0.455 e. The molecule has 25 heavy (non-hydrogen) atoms. The second kappa shape index (κ2) is 6.25. The van der Waals surface area contributed by atoms with Gasteiger partial charge in [0.2, 0.25) is 5.91 Å². The first-order chi connectivity index (χ1) is 12.0. The predicted molar refractivity (Wildman–Crippen MR) is 91.8 cm³/mol. The number of allylic oxidation sites excluding steroid dienone is 1. The number of amides is 1. The summed E-state index contributed by atoms with van der Waals surface area (Å²) in [7, 11) is 0. The van der Waals surface area contributed by atoms with Gasteiger partial charge in [0.15, 0.2) is 0 Å². The summed E-state index contributed by atoms with van der Waals surface area (Å²) in [6.45, 7) is 9.18. The van der Waals surface area contributed by atoms with Crippen molar-refractivity contribution < 1.29 is 19.1 Å². The standard InChI is InChI=1S/C19H26N2O4/c1-12-14-6-5-13(17(22)21-10-8-20-9-11-21)4-3-7-19(2)16(25-19)15(14)24-18(12)23/h4,14-16,20H,1,3,5-11H2,2H3/b13-4+/t14-,15-,16-,19+/m0/s1. The Hall–Kier alpha value is -1.66. The molecular formula is C19H26N2O4. The smallest absolute Gasteiger partial charge is 0.334 e. The number of carbonyl (C=O) groups excluding carboxylic acids is 2. The number of carbonyl (C=O) groups is 2. The van der Waals surface area contributed by atoms with E-state index in [0.29, 0.717) is 18.4 Å². The monoisotopic (exact) mass is 346 g/mol. The van der Waals surface area contributed by atoms with Gasteiger partial charge in [0.1, 0.15) is 12.2 Å². The van der Waals surface area contributed by atoms with Crippen molar-refractivity contribution in [3.8, 4) is 0 Å². The molecule has 0 radical (unpaired) electrons. The number of esters is 1. The molecule has 1 N–H and O–H groups in total. The van der Waals surface area contributed by atoms with E-state index in [2.05, 4.69) is 24.9 Å². The highest BCUT2D eigenvalue weighted by Crippen LogP contribution is 2.49. The summed E-state index contributed by atoms with van der Waals surface area (Å²) in [5.74, 6) is -0.240. The van der Waals surface area contributed by atoms with Crippen LogP contribution in [0.2, 0.25) is 0 Å². The Kier molecular flexibility index (Phi) is 4.20. The van der Waals surface area contributed by atoms with Crippen molar-refractivity contribution in [2.24, 2.45) is 5.92 Å². The van der Waals surface area contributed by atoms with Crippen LogP contribution in [0.1, 0.15) is 32.6 Å². The van der Waals surface area contributed by atoms with Gasteiger partial charge in [-0.3, -0.25) is 4.79 Å². The summed E-state index contributed by atoms with van der Waals surface area (Å²) in [5.41, 5.74) is 1.12. The Morgan fingerprint density at radius 3 is 2.92 bits per heavy atom. The van der Waals surface area contributed by atoms with Crippen molar-refractivity contribution in [3.05, 3.63) is 23.8 Å². The molecule has 0 aromatic rings. The first-order valence-electron chi connectivity index (χ1n) is 9.26. The zero-order valence-corrected chi connectivity index (χ0v) is 14.8. The quantitative estimate of drug-likeness (QED) is 0.438. The SMILES string of the molecule is C=C1C(=O)O[C@H]2[C@H]1CC/C(C(=O)N1CCNCC1)=C\CC[C@@]1(C)O[C@@H]21. The fraction of sp³-hybridized carbons (Fsp3) is 0.684. The lowest BCUT2D eigenvalue weighted by molar-refractivity contribution is -0.140. The van der Waals surface area contributed by atoms with Crippen molar-refractivity contribution in [2.75, 3.05) is 26.2 Å². The number of rotatable bonds is 1. The molecule has 4 rings (SSSR count). The normalized spacial score (nSPS) is 40.4. The fourth-order valence-corrected chi connectivity index (χ4v) is 4.33. The number of fused-ring (bicyclic) bond motifs is 3. The molecule has 1 amide bonds. The van der Waals surface area contributed by atoms with Crippen molar-refractivity contribution >= 4 is 11.9 Å². The average molecular weight is 346 g/mol. The fourth-order valence-electron chi connectivity index (χ4n) is 4.33. The lowest BCUT2D eigenvalue weighted by Crippen LogP contribution is -2.47. The number of nitrogens with one attached hydrogen (secondary N) is 1. The molecule has 0 saturated carbocycles. The number of hydrogen-bond acceptors (Lipinski definition) is 5. The van der Waals surface area contributed by atoms with Crippen LogP contribution in [0.15, 0.2) is 23.8 Å². The number of nitrogens with zero attached hydrogens (tertiary/aromatic N) is 1. The van der Waals surface area contributed by atoms with Gasteiger partial charge in [0.25, 0.3) is 0 Å². The molecule has 0 aromatic heterocycles. The molecule has 0 unspecified atom stereocenters. The zero-order chi connectivity index (χ0) is 17.6. The average Bonchev–Trinajstić information content (AvgIpc) is 3.21. The molecule has 4 aliphatic rings. The van der Waals surface area contributed by atoms with E-state index in [-0.39, 0.29) is 35.6 Å². The Labute approximate surface area is 148 Å². The van der Waals surface area contributed by atoms with Crippen molar-refractivity contribution in [1.82, 2.24) is 10.2 Å². The van der Waals surface area contributed by atoms with Gasteiger partial charge in [-0.25, -0.2) is 4.79 Å². The minimum absolute atomic E-state index is 0.0421. The van der Waals surface area contributed by atoms with Crippen LogP contribution < -0.4 is 5.32 Å². The van der Waals surface area contributed by atoms with Crippen LogP contribution >= 0.6 is 0 Å². The summed E-state index contributed by atoms with van der Waals surface area (Å²) in [5, 5.41) is 3.27. The summed E-state index contributed by atoms with van der Waals surface area (Å²) in [6, 6.07) is 0. The maximum absolute atomic E-state index is 12.9. The number of hydrogen-bond donors (Lipinski definition) is 1. The predicted octanol–water partition coefficient (Wildman–Crippen LogP) is 1.17. The molecule has 3 saturated heterocycles. The third kappa shape index (κ3) is 3.02. The lowest BCUT2D eigenvalue weighted by atomic mass is 9.83. The number of piperazine rings is 1. The minimum atomic E-state index is -0.314. The van der Waals surface area contributed by atoms with E-state index >= 15 is 0 Å². The summed E-state index contributed by atoms with van der Waals surface area (Å²) in [6.07, 6.45) is 4.79. The van der Waals surface area contributed by atoms with Crippen molar-refractivity contribution in [3.63, 3.8) is 0 Å². The van der Waals surface area contributed by atoms with Crippen LogP contribution in [0.3, 0.4) is 0 Å². The van der Waals surface area contributed by atoms with Gasteiger partial charge in [-0.2, -0.15) is 0 Å². The third-order valence-electron chi connectivity index (χ3n) is 6.02. The van der Waals surface area contributed by atoms with Crippen LogP contribution in [0.25, 0.3) is 0 Å². The maximum atomic E-state index is 12.9. The minimum Gasteiger partial charge on any atom is -0.455 e. The van der Waals surface area contributed by atoms with Crippen LogP contribution in [-0.4, -0.2) is 60.8 Å². The van der Waals surface area contributed by atoms with Gasteiger partial charge in [-0.1, -0.05) is 12.7 Å². The molecule has 3 fully saturated rings. The molecule has 6 nitrogen and oxygen atoms in total. The maximum Gasteiger partial charge on any atom is 0.334 e. The molecule has 136 valence electrons. The van der Waals surface area contributed by atoms with E-state index in [0.717, 1.165) is 44.6 Å². The van der Waals surface area contributed by atoms with E-state index < -0.39 is 0 Å². The van der Waals surface area contributed by atoms with Gasteiger partial charge >= 0.3 is 5.97 Å². The summed E-state index contributed by atoms with van der Waals surface area (Å²) in [4.78, 5) is 26.8. The van der Waals surface area contributed by atoms with E-state index in [1.807, 2.05) is 4.90 Å². The van der Waals surface area contributed by atoms with E-state index in [1.165, 1.54) is 0 Å². The Morgan fingerprint density at radius 2 is 2.16 bits per heavy atom. The molecule has 0 aromatic carbocycles. The third-order valence-corrected chi connectivity index (χ3v) is 6.02. The van der Waals surface area contributed by atoms with Gasteiger partial charge in [0, 0.05) is 43.2 Å². The van der Waals surface area contributed by atoms with E-state index in [1.54, 1.807) is 0 Å². The Morgan fingerprint density at radius 1 is 1.40 bits per heavy atom. The van der Waals surface area contributed by atoms with Gasteiger partial charge in [-0.15, -0.1) is 0 Å². The lowest BCUT2D eigenvalue weighted by Gasteiger charge is -2.29. The second-order valence-corrected chi connectivity index (χ2v) is 7.70. The number of epoxide rings is 1.